The molecular formula is C16H22BrNO. The minimum Gasteiger partial charge on any atom is -0.487 e. The number of fused-ring (bicyclic) bond motifs is 1. The second-order valence-electron chi connectivity index (χ2n) is 6.63. The maximum absolute atomic E-state index is 6.44. The second kappa shape index (κ2) is 4.78. The van der Waals surface area contributed by atoms with Crippen molar-refractivity contribution in [1.29, 1.82) is 0 Å². The lowest BCUT2D eigenvalue weighted by Crippen LogP contribution is -2.48. The van der Waals surface area contributed by atoms with E-state index < -0.39 is 0 Å². The number of halogens is 1. The first kappa shape index (κ1) is 13.4. The molecule has 1 spiro atoms. The Bertz CT molecular complexity index is 478. The number of benzene rings is 1. The largest absolute Gasteiger partial charge is 0.487 e. The Hall–Kier alpha value is -0.540. The summed E-state index contributed by atoms with van der Waals surface area (Å²) in [6, 6.07) is 6.31. The molecule has 1 saturated carbocycles. The van der Waals surface area contributed by atoms with Gasteiger partial charge in [0.2, 0.25) is 0 Å². The van der Waals surface area contributed by atoms with E-state index in [1.165, 1.54) is 6.42 Å². The molecule has 3 atom stereocenters. The van der Waals surface area contributed by atoms with Crippen LogP contribution >= 0.6 is 15.9 Å². The van der Waals surface area contributed by atoms with E-state index in [9.17, 15) is 0 Å². The molecular weight excluding hydrogens is 302 g/mol. The predicted octanol–water partition coefficient (Wildman–Crippen LogP) is 4.43. The topological polar surface area (TPSA) is 35.2 Å². The smallest absolute Gasteiger partial charge is 0.126 e. The molecule has 1 aromatic rings. The van der Waals surface area contributed by atoms with Crippen molar-refractivity contribution in [2.24, 2.45) is 17.6 Å². The van der Waals surface area contributed by atoms with Crippen LogP contribution in [-0.4, -0.2) is 5.60 Å². The Kier molecular flexibility index (Phi) is 3.38. The zero-order valence-electron chi connectivity index (χ0n) is 11.7. The zero-order chi connectivity index (χ0) is 13.6. The molecule has 3 heteroatoms. The van der Waals surface area contributed by atoms with Gasteiger partial charge >= 0.3 is 0 Å². The van der Waals surface area contributed by atoms with Crippen molar-refractivity contribution in [2.75, 3.05) is 0 Å². The van der Waals surface area contributed by atoms with Crippen LogP contribution in [0.15, 0.2) is 22.7 Å². The summed E-state index contributed by atoms with van der Waals surface area (Å²) >= 11 is 3.53. The van der Waals surface area contributed by atoms with Gasteiger partial charge in [0.25, 0.3) is 0 Å². The highest BCUT2D eigenvalue weighted by Crippen LogP contribution is 2.48. The zero-order valence-corrected chi connectivity index (χ0v) is 13.2. The van der Waals surface area contributed by atoms with Crippen LogP contribution in [0.25, 0.3) is 0 Å². The molecule has 1 aliphatic carbocycles. The molecule has 0 radical (unpaired) electrons. The van der Waals surface area contributed by atoms with Crippen molar-refractivity contribution in [3.05, 3.63) is 28.2 Å². The first-order valence-corrected chi connectivity index (χ1v) is 8.01. The van der Waals surface area contributed by atoms with Gasteiger partial charge in [-0.2, -0.15) is 0 Å². The number of ether oxygens (including phenoxy) is 1. The average Bonchev–Trinajstić information content (AvgIpc) is 2.25. The molecule has 104 valence electrons. The maximum atomic E-state index is 6.44. The van der Waals surface area contributed by atoms with Crippen LogP contribution in [0.2, 0.25) is 0 Å². The third-order valence-electron chi connectivity index (χ3n) is 4.54. The van der Waals surface area contributed by atoms with Crippen LogP contribution in [0.5, 0.6) is 5.75 Å². The summed E-state index contributed by atoms with van der Waals surface area (Å²) in [5.74, 6) is 2.43. The van der Waals surface area contributed by atoms with Crippen molar-refractivity contribution < 1.29 is 4.74 Å². The highest BCUT2D eigenvalue weighted by molar-refractivity contribution is 9.10. The van der Waals surface area contributed by atoms with E-state index in [2.05, 4.69) is 41.9 Å². The van der Waals surface area contributed by atoms with Crippen LogP contribution in [0.1, 0.15) is 51.1 Å². The van der Waals surface area contributed by atoms with Crippen molar-refractivity contribution >= 4 is 15.9 Å². The van der Waals surface area contributed by atoms with Gasteiger partial charge in [0.1, 0.15) is 11.4 Å². The minimum absolute atomic E-state index is 0.0374. The summed E-state index contributed by atoms with van der Waals surface area (Å²) in [6.45, 7) is 4.67. The molecule has 2 unspecified atom stereocenters. The summed E-state index contributed by atoms with van der Waals surface area (Å²) in [4.78, 5) is 0. The molecule has 0 bridgehead atoms. The molecule has 0 amide bonds. The lowest BCUT2D eigenvalue weighted by Gasteiger charge is -2.47. The first-order valence-electron chi connectivity index (χ1n) is 7.21. The van der Waals surface area contributed by atoms with Gasteiger partial charge in [0, 0.05) is 22.5 Å². The Balaban J connectivity index is 1.95. The number of hydrogen-bond donors (Lipinski definition) is 1. The molecule has 1 fully saturated rings. The maximum Gasteiger partial charge on any atom is 0.126 e. The molecule has 3 rings (SSSR count). The van der Waals surface area contributed by atoms with Crippen molar-refractivity contribution in [1.82, 2.24) is 0 Å². The van der Waals surface area contributed by atoms with Gasteiger partial charge in [-0.1, -0.05) is 35.8 Å². The summed E-state index contributed by atoms with van der Waals surface area (Å²) < 4.78 is 7.50. The fraction of sp³-hybridized carbons (Fsp3) is 0.625. The van der Waals surface area contributed by atoms with Crippen LogP contribution in [-0.2, 0) is 0 Å². The van der Waals surface area contributed by atoms with Gasteiger partial charge in [-0.25, -0.2) is 0 Å². The van der Waals surface area contributed by atoms with Crippen LogP contribution in [0, 0.1) is 11.8 Å². The van der Waals surface area contributed by atoms with Gasteiger partial charge in [0.05, 0.1) is 0 Å². The van der Waals surface area contributed by atoms with Crippen molar-refractivity contribution in [3.63, 3.8) is 0 Å². The molecule has 1 aromatic carbocycles. The number of rotatable bonds is 0. The Morgan fingerprint density at radius 3 is 2.58 bits per heavy atom. The van der Waals surface area contributed by atoms with E-state index in [0.717, 1.165) is 46.9 Å². The van der Waals surface area contributed by atoms with Gasteiger partial charge in [0.15, 0.2) is 0 Å². The summed E-state index contributed by atoms with van der Waals surface area (Å²) in [5.41, 5.74) is 7.51. The Labute approximate surface area is 123 Å². The third-order valence-corrected chi connectivity index (χ3v) is 5.03. The average molecular weight is 324 g/mol. The van der Waals surface area contributed by atoms with Crippen molar-refractivity contribution in [3.8, 4) is 5.75 Å². The Morgan fingerprint density at radius 2 is 1.89 bits per heavy atom. The molecule has 1 aliphatic heterocycles. The minimum atomic E-state index is -0.0374. The van der Waals surface area contributed by atoms with Crippen molar-refractivity contribution in [2.45, 2.75) is 51.2 Å². The lowest BCUT2D eigenvalue weighted by atomic mass is 9.69. The second-order valence-corrected chi connectivity index (χ2v) is 7.55. The quantitative estimate of drug-likeness (QED) is 0.766. The van der Waals surface area contributed by atoms with E-state index in [1.807, 2.05) is 6.07 Å². The van der Waals surface area contributed by atoms with E-state index >= 15 is 0 Å². The normalized spacial score (nSPS) is 37.8. The third kappa shape index (κ3) is 2.55. The van der Waals surface area contributed by atoms with Gasteiger partial charge in [-0.05, 0) is 43.2 Å². The monoisotopic (exact) mass is 323 g/mol. The van der Waals surface area contributed by atoms with Gasteiger partial charge in [-0.15, -0.1) is 0 Å². The van der Waals surface area contributed by atoms with Gasteiger partial charge in [-0.3, -0.25) is 0 Å². The SMILES string of the molecule is CC1CC(C)CC2(C1)C[C@H](N)c1ccc(Br)cc1O2. The summed E-state index contributed by atoms with van der Waals surface area (Å²) in [7, 11) is 0. The van der Waals surface area contributed by atoms with Gasteiger partial charge < -0.3 is 10.5 Å². The van der Waals surface area contributed by atoms with E-state index in [0.29, 0.717) is 0 Å². The molecule has 0 saturated heterocycles. The molecule has 0 aromatic heterocycles. The molecule has 2 N–H and O–H groups in total. The van der Waals surface area contributed by atoms with Crippen LogP contribution in [0.3, 0.4) is 0 Å². The predicted molar refractivity (Wildman–Crippen MR) is 81.2 cm³/mol. The number of hydrogen-bond acceptors (Lipinski definition) is 2. The summed E-state index contributed by atoms with van der Waals surface area (Å²) in [5, 5.41) is 0. The molecule has 2 nitrogen and oxygen atoms in total. The molecule has 19 heavy (non-hydrogen) atoms. The van der Waals surface area contributed by atoms with Crippen LogP contribution < -0.4 is 10.5 Å². The van der Waals surface area contributed by atoms with E-state index in [4.69, 9.17) is 10.5 Å². The first-order chi connectivity index (χ1) is 8.97. The highest BCUT2D eigenvalue weighted by Gasteiger charge is 2.44. The lowest BCUT2D eigenvalue weighted by molar-refractivity contribution is -0.0312. The van der Waals surface area contributed by atoms with Crippen LogP contribution in [0.4, 0.5) is 0 Å². The highest BCUT2D eigenvalue weighted by atomic mass is 79.9. The van der Waals surface area contributed by atoms with E-state index in [-0.39, 0.29) is 11.6 Å². The molecule has 1 heterocycles. The summed E-state index contributed by atoms with van der Waals surface area (Å²) in [6.07, 6.45) is 4.54. The fourth-order valence-corrected chi connectivity index (χ4v) is 4.49. The molecule has 2 aliphatic rings. The fourth-order valence-electron chi connectivity index (χ4n) is 4.15. The number of nitrogens with two attached hydrogens (primary N) is 1. The Morgan fingerprint density at radius 1 is 1.21 bits per heavy atom. The van der Waals surface area contributed by atoms with E-state index in [1.54, 1.807) is 0 Å². The standard InChI is InChI=1S/C16H22BrNO/c1-10-5-11(2)8-16(7-10)9-14(18)13-4-3-12(17)6-15(13)19-16/h3-4,6,10-11,14H,5,7-9,18H2,1-2H3/t10?,11?,14-,16?/m0/s1.